The van der Waals surface area contributed by atoms with E-state index in [1.54, 1.807) is 31.2 Å². The minimum atomic E-state index is -0.675. The zero-order valence-corrected chi connectivity index (χ0v) is 16.6. The maximum absolute atomic E-state index is 13.2. The van der Waals surface area contributed by atoms with Crippen LogP contribution in [0, 0.1) is 12.7 Å². The summed E-state index contributed by atoms with van der Waals surface area (Å²) in [6.45, 7) is 6.16. The van der Waals surface area contributed by atoms with Crippen LogP contribution in [0.5, 0.6) is 5.75 Å². The molecule has 0 saturated carbocycles. The SMILES string of the molecule is CCCNC(=O)C(C)N(Cc1ccc(F)cc1)C(=O)COc1ccc(C)cc1. The minimum Gasteiger partial charge on any atom is -0.484 e. The molecule has 5 nitrogen and oxygen atoms in total. The van der Waals surface area contributed by atoms with Gasteiger partial charge < -0.3 is 15.0 Å². The van der Waals surface area contributed by atoms with Crippen molar-refractivity contribution in [1.82, 2.24) is 10.2 Å². The second-order valence-electron chi connectivity index (χ2n) is 6.72. The van der Waals surface area contributed by atoms with E-state index >= 15 is 0 Å². The number of benzene rings is 2. The predicted molar refractivity (Wildman–Crippen MR) is 106 cm³/mol. The second kappa shape index (κ2) is 10.4. The van der Waals surface area contributed by atoms with Crippen LogP contribution in [0.15, 0.2) is 48.5 Å². The van der Waals surface area contributed by atoms with Crippen molar-refractivity contribution in [3.63, 3.8) is 0 Å². The highest BCUT2D eigenvalue weighted by atomic mass is 19.1. The van der Waals surface area contributed by atoms with Gasteiger partial charge in [-0.25, -0.2) is 4.39 Å². The van der Waals surface area contributed by atoms with Crippen LogP contribution < -0.4 is 10.1 Å². The fourth-order valence-electron chi connectivity index (χ4n) is 2.63. The number of carbonyl (C=O) groups excluding carboxylic acids is 2. The maximum atomic E-state index is 13.2. The lowest BCUT2D eigenvalue weighted by Crippen LogP contribution is -2.49. The molecule has 2 aromatic rings. The molecule has 0 bridgehead atoms. The largest absolute Gasteiger partial charge is 0.484 e. The Hall–Kier alpha value is -2.89. The van der Waals surface area contributed by atoms with Gasteiger partial charge in [0.1, 0.15) is 17.6 Å². The van der Waals surface area contributed by atoms with Crippen LogP contribution in [0.1, 0.15) is 31.4 Å². The van der Waals surface area contributed by atoms with Gasteiger partial charge in [-0.1, -0.05) is 36.8 Å². The number of carbonyl (C=O) groups is 2. The summed E-state index contributed by atoms with van der Waals surface area (Å²) in [6.07, 6.45) is 0.806. The Morgan fingerprint density at radius 2 is 1.75 bits per heavy atom. The number of hydrogen-bond acceptors (Lipinski definition) is 3. The number of rotatable bonds is 9. The van der Waals surface area contributed by atoms with Gasteiger partial charge >= 0.3 is 0 Å². The van der Waals surface area contributed by atoms with Crippen molar-refractivity contribution < 1.29 is 18.7 Å². The molecule has 150 valence electrons. The quantitative estimate of drug-likeness (QED) is 0.718. The van der Waals surface area contributed by atoms with Crippen molar-refractivity contribution in [2.45, 2.75) is 39.8 Å². The number of nitrogens with zero attached hydrogens (tertiary/aromatic N) is 1. The van der Waals surface area contributed by atoms with Gasteiger partial charge in [0.05, 0.1) is 0 Å². The summed E-state index contributed by atoms with van der Waals surface area (Å²) < 4.78 is 18.8. The third kappa shape index (κ3) is 6.37. The molecule has 0 saturated heterocycles. The Labute approximate surface area is 165 Å². The summed E-state index contributed by atoms with van der Waals surface area (Å²) in [5, 5.41) is 2.81. The van der Waals surface area contributed by atoms with Crippen molar-refractivity contribution >= 4 is 11.8 Å². The van der Waals surface area contributed by atoms with Crippen LogP contribution >= 0.6 is 0 Å². The van der Waals surface area contributed by atoms with Gasteiger partial charge in [0.2, 0.25) is 5.91 Å². The molecule has 2 amide bonds. The first-order chi connectivity index (χ1) is 13.4. The van der Waals surface area contributed by atoms with Crippen LogP contribution in [0.25, 0.3) is 0 Å². The van der Waals surface area contributed by atoms with Gasteiger partial charge in [-0.05, 0) is 50.1 Å². The molecule has 0 radical (unpaired) electrons. The van der Waals surface area contributed by atoms with E-state index in [1.807, 2.05) is 26.0 Å². The molecule has 28 heavy (non-hydrogen) atoms. The van der Waals surface area contributed by atoms with E-state index in [2.05, 4.69) is 5.32 Å². The van der Waals surface area contributed by atoms with Crippen LogP contribution in [0.2, 0.25) is 0 Å². The monoisotopic (exact) mass is 386 g/mol. The molecule has 0 aliphatic rings. The lowest BCUT2D eigenvalue weighted by atomic mass is 10.1. The molecule has 0 spiro atoms. The van der Waals surface area contributed by atoms with Gasteiger partial charge in [-0.3, -0.25) is 9.59 Å². The third-order valence-electron chi connectivity index (χ3n) is 4.37. The summed E-state index contributed by atoms with van der Waals surface area (Å²) in [6, 6.07) is 12.6. The van der Waals surface area contributed by atoms with E-state index in [9.17, 15) is 14.0 Å². The zero-order valence-electron chi connectivity index (χ0n) is 16.6. The van der Waals surface area contributed by atoms with Gasteiger partial charge in [0.15, 0.2) is 6.61 Å². The maximum Gasteiger partial charge on any atom is 0.261 e. The second-order valence-corrected chi connectivity index (χ2v) is 6.72. The zero-order chi connectivity index (χ0) is 20.5. The van der Waals surface area contributed by atoms with Crippen molar-refractivity contribution in [2.24, 2.45) is 0 Å². The Bertz CT molecular complexity index is 775. The fraction of sp³-hybridized carbons (Fsp3) is 0.364. The van der Waals surface area contributed by atoms with Crippen LogP contribution in [0.4, 0.5) is 4.39 Å². The average molecular weight is 386 g/mol. The smallest absolute Gasteiger partial charge is 0.261 e. The number of nitrogens with one attached hydrogen (secondary N) is 1. The summed E-state index contributed by atoms with van der Waals surface area (Å²) in [5.74, 6) is -0.307. The van der Waals surface area contributed by atoms with E-state index in [4.69, 9.17) is 4.74 Å². The fourth-order valence-corrected chi connectivity index (χ4v) is 2.63. The molecule has 0 aliphatic heterocycles. The third-order valence-corrected chi connectivity index (χ3v) is 4.37. The van der Waals surface area contributed by atoms with Crippen LogP contribution in [-0.4, -0.2) is 35.9 Å². The highest BCUT2D eigenvalue weighted by Crippen LogP contribution is 2.14. The van der Waals surface area contributed by atoms with E-state index in [0.717, 1.165) is 17.5 Å². The molecular weight excluding hydrogens is 359 g/mol. The summed E-state index contributed by atoms with van der Waals surface area (Å²) >= 11 is 0. The molecule has 0 aromatic heterocycles. The number of ether oxygens (including phenoxy) is 1. The predicted octanol–water partition coefficient (Wildman–Crippen LogP) is 3.46. The topological polar surface area (TPSA) is 58.6 Å². The number of hydrogen-bond donors (Lipinski definition) is 1. The molecule has 2 aromatic carbocycles. The first kappa shape index (κ1) is 21.4. The normalized spacial score (nSPS) is 11.6. The summed E-state index contributed by atoms with van der Waals surface area (Å²) in [4.78, 5) is 26.7. The molecule has 0 aliphatic carbocycles. The molecule has 0 fully saturated rings. The van der Waals surface area contributed by atoms with Crippen LogP contribution in [0.3, 0.4) is 0 Å². The molecule has 1 unspecified atom stereocenters. The molecule has 1 atom stereocenters. The van der Waals surface area contributed by atoms with Crippen molar-refractivity contribution in [3.8, 4) is 5.75 Å². The molecule has 6 heteroatoms. The number of amides is 2. The standard InChI is InChI=1S/C22H27FN2O3/c1-4-13-24-22(27)17(3)25(14-18-7-9-19(23)10-8-18)21(26)15-28-20-11-5-16(2)6-12-20/h5-12,17H,4,13-15H2,1-3H3,(H,24,27). The Kier molecular flexibility index (Phi) is 7.99. The highest BCUT2D eigenvalue weighted by Gasteiger charge is 2.26. The van der Waals surface area contributed by atoms with Gasteiger partial charge in [-0.2, -0.15) is 0 Å². The van der Waals surface area contributed by atoms with Crippen LogP contribution in [-0.2, 0) is 16.1 Å². The number of aryl methyl sites for hydroxylation is 1. The summed E-state index contributed by atoms with van der Waals surface area (Å²) in [7, 11) is 0. The van der Waals surface area contributed by atoms with Gasteiger partial charge in [0, 0.05) is 13.1 Å². The van der Waals surface area contributed by atoms with Crippen molar-refractivity contribution in [2.75, 3.05) is 13.2 Å². The van der Waals surface area contributed by atoms with E-state index in [-0.39, 0.29) is 30.8 Å². The minimum absolute atomic E-state index is 0.185. The lowest BCUT2D eigenvalue weighted by Gasteiger charge is -2.28. The first-order valence-corrected chi connectivity index (χ1v) is 9.41. The molecule has 0 heterocycles. The van der Waals surface area contributed by atoms with Crippen molar-refractivity contribution in [1.29, 1.82) is 0 Å². The average Bonchev–Trinajstić information content (AvgIpc) is 2.70. The Morgan fingerprint density at radius 1 is 1.11 bits per heavy atom. The van der Waals surface area contributed by atoms with E-state index in [1.165, 1.54) is 17.0 Å². The van der Waals surface area contributed by atoms with Gasteiger partial charge in [-0.15, -0.1) is 0 Å². The van der Waals surface area contributed by atoms with Gasteiger partial charge in [0.25, 0.3) is 5.91 Å². The molecular formula is C22H27FN2O3. The van der Waals surface area contributed by atoms with E-state index < -0.39 is 6.04 Å². The van der Waals surface area contributed by atoms with Crippen molar-refractivity contribution in [3.05, 3.63) is 65.5 Å². The molecule has 2 rings (SSSR count). The number of halogens is 1. The lowest BCUT2D eigenvalue weighted by molar-refractivity contribution is -0.142. The first-order valence-electron chi connectivity index (χ1n) is 9.41. The Balaban J connectivity index is 2.10. The highest BCUT2D eigenvalue weighted by molar-refractivity contribution is 5.87. The molecule has 1 N–H and O–H groups in total. The summed E-state index contributed by atoms with van der Waals surface area (Å²) in [5.41, 5.74) is 1.83. The van der Waals surface area contributed by atoms with E-state index in [0.29, 0.717) is 12.3 Å². The Morgan fingerprint density at radius 3 is 2.36 bits per heavy atom.